The van der Waals surface area contributed by atoms with Crippen LogP contribution in [0.1, 0.15) is 4.88 Å². The monoisotopic (exact) mass is 373 g/mol. The topological polar surface area (TPSA) is 29.5 Å². The third kappa shape index (κ3) is 4.51. The summed E-state index contributed by atoms with van der Waals surface area (Å²) in [6, 6.07) is 11.2. The molecular weight excluding hydrogens is 362 g/mol. The van der Waals surface area contributed by atoms with Gasteiger partial charge >= 0.3 is 0 Å². The maximum Gasteiger partial charge on any atom is 0.260 e. The summed E-state index contributed by atoms with van der Waals surface area (Å²) in [5.74, 6) is 0.592. The Bertz CT molecular complexity index is 602. The highest BCUT2D eigenvalue weighted by molar-refractivity contribution is 9.10. The average molecular weight is 375 g/mol. The molecule has 0 saturated heterocycles. The largest absolute Gasteiger partial charge is 0.484 e. The molecule has 1 aromatic heterocycles. The molecule has 2 aromatic rings. The zero-order valence-electron chi connectivity index (χ0n) is 10.8. The van der Waals surface area contributed by atoms with Gasteiger partial charge in [-0.2, -0.15) is 0 Å². The minimum Gasteiger partial charge on any atom is -0.484 e. The van der Waals surface area contributed by atoms with E-state index in [1.807, 2.05) is 36.4 Å². The minimum atomic E-state index is -0.0745. The normalized spacial score (nSPS) is 10.3. The molecule has 1 amide bonds. The Morgan fingerprint density at radius 2 is 2.20 bits per heavy atom. The third-order valence-electron chi connectivity index (χ3n) is 2.61. The molecule has 1 aromatic carbocycles. The smallest absolute Gasteiger partial charge is 0.260 e. The Kier molecular flexibility index (Phi) is 5.46. The lowest BCUT2D eigenvalue weighted by Gasteiger charge is -2.16. The summed E-state index contributed by atoms with van der Waals surface area (Å²) >= 11 is 10.7. The van der Waals surface area contributed by atoms with Crippen LogP contribution >= 0.6 is 38.9 Å². The van der Waals surface area contributed by atoms with Gasteiger partial charge in [-0.25, -0.2) is 0 Å². The first kappa shape index (κ1) is 15.4. The van der Waals surface area contributed by atoms with E-state index in [1.165, 1.54) is 11.3 Å². The number of ether oxygens (including phenoxy) is 1. The quantitative estimate of drug-likeness (QED) is 0.785. The van der Waals surface area contributed by atoms with Gasteiger partial charge in [0.15, 0.2) is 6.61 Å². The SMILES string of the molecule is CN(Cc1ccc(Cl)s1)C(=O)COc1cccc(Br)c1. The fraction of sp³-hybridized carbons (Fsp3) is 0.214. The molecule has 0 saturated carbocycles. The predicted octanol–water partition coefficient (Wildman–Crippen LogP) is 4.20. The molecule has 0 unspecified atom stereocenters. The van der Waals surface area contributed by atoms with Crippen LogP contribution in [0, 0.1) is 0 Å². The van der Waals surface area contributed by atoms with Crippen molar-refractivity contribution in [2.75, 3.05) is 13.7 Å². The summed E-state index contributed by atoms with van der Waals surface area (Å²) in [4.78, 5) is 14.6. The van der Waals surface area contributed by atoms with E-state index in [4.69, 9.17) is 16.3 Å². The number of carbonyl (C=O) groups excluding carboxylic acids is 1. The number of benzene rings is 1. The number of rotatable bonds is 5. The Morgan fingerprint density at radius 3 is 2.85 bits per heavy atom. The van der Waals surface area contributed by atoms with Crippen molar-refractivity contribution in [1.29, 1.82) is 0 Å². The molecule has 0 spiro atoms. The molecule has 0 aliphatic heterocycles. The van der Waals surface area contributed by atoms with E-state index in [9.17, 15) is 4.79 Å². The number of hydrogen-bond acceptors (Lipinski definition) is 3. The van der Waals surface area contributed by atoms with E-state index in [0.717, 1.165) is 13.7 Å². The van der Waals surface area contributed by atoms with Crippen molar-refractivity contribution in [2.45, 2.75) is 6.54 Å². The molecule has 0 fully saturated rings. The first-order chi connectivity index (χ1) is 9.54. The second-order valence-electron chi connectivity index (χ2n) is 4.20. The molecule has 0 aliphatic carbocycles. The van der Waals surface area contributed by atoms with E-state index in [1.54, 1.807) is 11.9 Å². The van der Waals surface area contributed by atoms with Gasteiger partial charge in [0.1, 0.15) is 5.75 Å². The van der Waals surface area contributed by atoms with Crippen LogP contribution in [0.3, 0.4) is 0 Å². The number of nitrogens with zero attached hydrogens (tertiary/aromatic N) is 1. The number of hydrogen-bond donors (Lipinski definition) is 0. The Hall–Kier alpha value is -1.04. The van der Waals surface area contributed by atoms with Gasteiger partial charge in [-0.05, 0) is 30.3 Å². The molecule has 0 aliphatic rings. The summed E-state index contributed by atoms with van der Waals surface area (Å²) in [5, 5.41) is 0. The summed E-state index contributed by atoms with van der Waals surface area (Å²) in [5.41, 5.74) is 0. The van der Waals surface area contributed by atoms with Gasteiger partial charge in [0.25, 0.3) is 5.91 Å². The standard InChI is InChI=1S/C14H13BrClNO2S/c1-17(8-12-5-6-13(16)20-12)14(18)9-19-11-4-2-3-10(15)7-11/h2-7H,8-9H2,1H3. The predicted molar refractivity (Wildman–Crippen MR) is 85.4 cm³/mol. The van der Waals surface area contributed by atoms with E-state index < -0.39 is 0 Å². The second-order valence-corrected chi connectivity index (χ2v) is 6.92. The molecule has 0 radical (unpaired) electrons. The summed E-state index contributed by atoms with van der Waals surface area (Å²) in [6.45, 7) is 0.560. The summed E-state index contributed by atoms with van der Waals surface area (Å²) in [7, 11) is 1.75. The molecule has 6 heteroatoms. The zero-order valence-corrected chi connectivity index (χ0v) is 14.0. The molecular formula is C14H13BrClNO2S. The fourth-order valence-electron chi connectivity index (χ4n) is 1.57. The van der Waals surface area contributed by atoms with Crippen LogP contribution in [-0.2, 0) is 11.3 Å². The van der Waals surface area contributed by atoms with Crippen LogP contribution in [0.2, 0.25) is 4.34 Å². The molecule has 3 nitrogen and oxygen atoms in total. The highest BCUT2D eigenvalue weighted by Gasteiger charge is 2.11. The van der Waals surface area contributed by atoms with Crippen LogP contribution in [0.25, 0.3) is 0 Å². The molecule has 1 heterocycles. The second kappa shape index (κ2) is 7.11. The molecule has 0 N–H and O–H groups in total. The van der Waals surface area contributed by atoms with Crippen LogP contribution in [-0.4, -0.2) is 24.5 Å². The van der Waals surface area contributed by atoms with E-state index >= 15 is 0 Å². The highest BCUT2D eigenvalue weighted by atomic mass is 79.9. The van der Waals surface area contributed by atoms with Gasteiger partial charge in [0, 0.05) is 16.4 Å². The lowest BCUT2D eigenvalue weighted by molar-refractivity contribution is -0.132. The Morgan fingerprint density at radius 1 is 1.40 bits per heavy atom. The molecule has 0 bridgehead atoms. The van der Waals surface area contributed by atoms with E-state index in [2.05, 4.69) is 15.9 Å². The zero-order chi connectivity index (χ0) is 14.5. The van der Waals surface area contributed by atoms with Gasteiger partial charge in [0.05, 0.1) is 10.9 Å². The maximum absolute atomic E-state index is 12.0. The lowest BCUT2D eigenvalue weighted by atomic mass is 10.3. The first-order valence-corrected chi connectivity index (χ1v) is 7.90. The third-order valence-corrected chi connectivity index (χ3v) is 4.32. The van der Waals surface area contributed by atoms with Crippen molar-refractivity contribution in [3.63, 3.8) is 0 Å². The van der Waals surface area contributed by atoms with Gasteiger partial charge in [0.2, 0.25) is 0 Å². The molecule has 106 valence electrons. The molecule has 0 atom stereocenters. The van der Waals surface area contributed by atoms with Crippen molar-refractivity contribution in [2.24, 2.45) is 0 Å². The highest BCUT2D eigenvalue weighted by Crippen LogP contribution is 2.22. The summed E-state index contributed by atoms with van der Waals surface area (Å²) < 4.78 is 7.12. The average Bonchev–Trinajstić information content (AvgIpc) is 2.81. The van der Waals surface area contributed by atoms with Gasteiger partial charge < -0.3 is 9.64 Å². The molecule has 20 heavy (non-hydrogen) atoms. The number of thiophene rings is 1. The number of carbonyl (C=O) groups is 1. The molecule has 2 rings (SSSR count). The van der Waals surface area contributed by atoms with Crippen molar-refractivity contribution in [3.05, 3.63) is 50.1 Å². The van der Waals surface area contributed by atoms with Crippen molar-refractivity contribution in [1.82, 2.24) is 4.90 Å². The number of likely N-dealkylation sites (N-methyl/N-ethyl adjacent to an activating group) is 1. The van der Waals surface area contributed by atoms with E-state index in [0.29, 0.717) is 12.3 Å². The van der Waals surface area contributed by atoms with Gasteiger partial charge in [-0.1, -0.05) is 33.6 Å². The van der Waals surface area contributed by atoms with Gasteiger partial charge in [-0.3, -0.25) is 4.79 Å². The Labute approximate surface area is 135 Å². The van der Waals surface area contributed by atoms with Crippen molar-refractivity contribution < 1.29 is 9.53 Å². The number of halogens is 2. The van der Waals surface area contributed by atoms with E-state index in [-0.39, 0.29) is 12.5 Å². The van der Waals surface area contributed by atoms with Crippen molar-refractivity contribution in [3.8, 4) is 5.75 Å². The minimum absolute atomic E-state index is 0.0199. The van der Waals surface area contributed by atoms with Crippen LogP contribution in [0.4, 0.5) is 0 Å². The number of amides is 1. The lowest BCUT2D eigenvalue weighted by Crippen LogP contribution is -2.30. The maximum atomic E-state index is 12.0. The van der Waals surface area contributed by atoms with Crippen LogP contribution in [0.15, 0.2) is 40.9 Å². The summed E-state index contributed by atoms with van der Waals surface area (Å²) in [6.07, 6.45) is 0. The van der Waals surface area contributed by atoms with Gasteiger partial charge in [-0.15, -0.1) is 11.3 Å². The first-order valence-electron chi connectivity index (χ1n) is 5.91. The Balaban J connectivity index is 1.85. The van der Waals surface area contributed by atoms with Crippen LogP contribution in [0.5, 0.6) is 5.75 Å². The fourth-order valence-corrected chi connectivity index (χ4v) is 3.09. The van der Waals surface area contributed by atoms with Crippen molar-refractivity contribution >= 4 is 44.8 Å². The van der Waals surface area contributed by atoms with Crippen LogP contribution < -0.4 is 4.74 Å².